The Labute approximate surface area is 96.4 Å². The van der Waals surface area contributed by atoms with Crippen molar-refractivity contribution in [2.45, 2.75) is 31.5 Å². The first-order valence-corrected chi connectivity index (χ1v) is 5.21. The zero-order valence-corrected chi connectivity index (χ0v) is 9.17. The molecule has 1 saturated heterocycles. The molecule has 0 bridgehead atoms. The van der Waals surface area contributed by atoms with Crippen molar-refractivity contribution in [1.29, 1.82) is 0 Å². The number of carbonyl (C=O) groups is 1. The highest BCUT2D eigenvalue weighted by molar-refractivity contribution is 5.72. The second-order valence-corrected chi connectivity index (χ2v) is 4.28. The lowest BCUT2D eigenvalue weighted by Crippen LogP contribution is -2.21. The number of carbonyl (C=O) groups excluding carboxylic acids is 1. The fourth-order valence-electron chi connectivity index (χ4n) is 1.92. The molecule has 1 unspecified atom stereocenters. The lowest BCUT2D eigenvalue weighted by molar-refractivity contribution is -0.147. The van der Waals surface area contributed by atoms with E-state index in [4.69, 9.17) is 4.74 Å². The maximum atomic E-state index is 12.5. The summed E-state index contributed by atoms with van der Waals surface area (Å²) in [6, 6.07) is 4.92. The third-order valence-corrected chi connectivity index (χ3v) is 2.95. The Kier molecular flexibility index (Phi) is 2.64. The van der Waals surface area contributed by atoms with Gasteiger partial charge < -0.3 is 4.74 Å². The SMILES string of the molecule is CC1(c2cccc(C(F)(F)F)c2)CCC(=O)O1. The topological polar surface area (TPSA) is 26.3 Å². The number of rotatable bonds is 1. The molecular formula is C12H11F3O2. The van der Waals surface area contributed by atoms with E-state index in [1.807, 2.05) is 0 Å². The van der Waals surface area contributed by atoms with Crippen LogP contribution in [-0.2, 0) is 21.3 Å². The van der Waals surface area contributed by atoms with Crippen molar-refractivity contribution in [3.8, 4) is 0 Å². The van der Waals surface area contributed by atoms with Gasteiger partial charge >= 0.3 is 12.1 Å². The lowest BCUT2D eigenvalue weighted by Gasteiger charge is -2.23. The lowest BCUT2D eigenvalue weighted by atomic mass is 9.91. The average molecular weight is 244 g/mol. The number of esters is 1. The zero-order chi connectivity index (χ0) is 12.7. The monoisotopic (exact) mass is 244 g/mol. The van der Waals surface area contributed by atoms with Gasteiger partial charge in [0, 0.05) is 12.8 Å². The van der Waals surface area contributed by atoms with E-state index in [0.717, 1.165) is 12.1 Å². The van der Waals surface area contributed by atoms with Gasteiger partial charge in [0.2, 0.25) is 0 Å². The Morgan fingerprint density at radius 3 is 2.59 bits per heavy atom. The van der Waals surface area contributed by atoms with Crippen molar-refractivity contribution >= 4 is 5.97 Å². The van der Waals surface area contributed by atoms with Gasteiger partial charge in [0.05, 0.1) is 5.56 Å². The molecule has 2 rings (SSSR count). The Balaban J connectivity index is 2.37. The number of ether oxygens (including phenoxy) is 1. The summed E-state index contributed by atoms with van der Waals surface area (Å²) in [6.45, 7) is 1.63. The summed E-state index contributed by atoms with van der Waals surface area (Å²) in [5, 5.41) is 0. The van der Waals surface area contributed by atoms with Crippen LogP contribution < -0.4 is 0 Å². The predicted molar refractivity (Wildman–Crippen MR) is 54.1 cm³/mol. The molecule has 0 amide bonds. The molecule has 0 N–H and O–H groups in total. The highest BCUT2D eigenvalue weighted by Gasteiger charge is 2.39. The maximum absolute atomic E-state index is 12.5. The summed E-state index contributed by atoms with van der Waals surface area (Å²) < 4.78 is 42.7. The van der Waals surface area contributed by atoms with E-state index in [-0.39, 0.29) is 12.4 Å². The summed E-state index contributed by atoms with van der Waals surface area (Å²) in [7, 11) is 0. The molecule has 1 aromatic rings. The fourth-order valence-corrected chi connectivity index (χ4v) is 1.92. The summed E-state index contributed by atoms with van der Waals surface area (Å²) in [4.78, 5) is 11.1. The smallest absolute Gasteiger partial charge is 0.416 e. The molecule has 92 valence electrons. The van der Waals surface area contributed by atoms with Gasteiger partial charge in [0.25, 0.3) is 0 Å². The van der Waals surface area contributed by atoms with Gasteiger partial charge in [-0.3, -0.25) is 4.79 Å². The molecule has 1 atom stereocenters. The molecule has 2 nitrogen and oxygen atoms in total. The van der Waals surface area contributed by atoms with E-state index in [1.54, 1.807) is 13.0 Å². The van der Waals surface area contributed by atoms with Crippen molar-refractivity contribution in [3.05, 3.63) is 35.4 Å². The molecule has 0 spiro atoms. The normalized spacial score (nSPS) is 24.8. The predicted octanol–water partition coefficient (Wildman–Crippen LogP) is 3.26. The van der Waals surface area contributed by atoms with Crippen LogP contribution in [-0.4, -0.2) is 5.97 Å². The van der Waals surface area contributed by atoms with Crippen LogP contribution in [0.4, 0.5) is 13.2 Å². The first-order chi connectivity index (χ1) is 7.81. The van der Waals surface area contributed by atoms with Gasteiger partial charge in [0.15, 0.2) is 0 Å². The van der Waals surface area contributed by atoms with Gasteiger partial charge in [-0.25, -0.2) is 0 Å². The van der Waals surface area contributed by atoms with Crippen LogP contribution >= 0.6 is 0 Å². The van der Waals surface area contributed by atoms with E-state index in [9.17, 15) is 18.0 Å². The number of alkyl halides is 3. The van der Waals surface area contributed by atoms with E-state index < -0.39 is 17.3 Å². The van der Waals surface area contributed by atoms with Crippen LogP contribution in [0.2, 0.25) is 0 Å². The van der Waals surface area contributed by atoms with Crippen molar-refractivity contribution < 1.29 is 22.7 Å². The van der Waals surface area contributed by atoms with Crippen molar-refractivity contribution in [2.75, 3.05) is 0 Å². The van der Waals surface area contributed by atoms with Crippen molar-refractivity contribution in [1.82, 2.24) is 0 Å². The molecule has 1 aliphatic heterocycles. The number of cyclic esters (lactones) is 1. The average Bonchev–Trinajstić information content (AvgIpc) is 2.59. The van der Waals surface area contributed by atoms with E-state index in [0.29, 0.717) is 12.0 Å². The fraction of sp³-hybridized carbons (Fsp3) is 0.417. The number of halogens is 3. The van der Waals surface area contributed by atoms with Gasteiger partial charge in [0.1, 0.15) is 5.60 Å². The number of benzene rings is 1. The summed E-state index contributed by atoms with van der Waals surface area (Å²) in [5.74, 6) is -0.370. The van der Waals surface area contributed by atoms with Crippen LogP contribution in [0.5, 0.6) is 0 Å². The number of hydrogen-bond donors (Lipinski definition) is 0. The van der Waals surface area contributed by atoms with Crippen LogP contribution in [0.1, 0.15) is 30.9 Å². The third-order valence-electron chi connectivity index (χ3n) is 2.95. The zero-order valence-electron chi connectivity index (χ0n) is 9.17. The molecule has 1 heterocycles. The minimum absolute atomic E-state index is 0.243. The highest BCUT2D eigenvalue weighted by Crippen LogP contribution is 2.38. The first kappa shape index (κ1) is 12.0. The van der Waals surface area contributed by atoms with E-state index >= 15 is 0 Å². The maximum Gasteiger partial charge on any atom is 0.416 e. The summed E-state index contributed by atoms with van der Waals surface area (Å²) in [6.07, 6.45) is -3.73. The standard InChI is InChI=1S/C12H11F3O2/c1-11(6-5-10(16)17-11)8-3-2-4-9(7-8)12(13,14)15/h2-4,7H,5-6H2,1H3. The second kappa shape index (κ2) is 3.75. The Morgan fingerprint density at radius 1 is 1.35 bits per heavy atom. The van der Waals surface area contributed by atoms with E-state index in [1.165, 1.54) is 6.07 Å². The summed E-state index contributed by atoms with van der Waals surface area (Å²) in [5.41, 5.74) is -1.27. The molecule has 1 aliphatic rings. The Hall–Kier alpha value is -1.52. The highest BCUT2D eigenvalue weighted by atomic mass is 19.4. The minimum Gasteiger partial charge on any atom is -0.454 e. The Morgan fingerprint density at radius 2 is 2.06 bits per heavy atom. The van der Waals surface area contributed by atoms with Crippen LogP contribution in [0.3, 0.4) is 0 Å². The molecule has 1 fully saturated rings. The molecule has 0 saturated carbocycles. The van der Waals surface area contributed by atoms with Gasteiger partial charge in [-0.15, -0.1) is 0 Å². The second-order valence-electron chi connectivity index (χ2n) is 4.28. The molecule has 0 aromatic heterocycles. The quantitative estimate of drug-likeness (QED) is 0.709. The largest absolute Gasteiger partial charge is 0.454 e. The van der Waals surface area contributed by atoms with Crippen molar-refractivity contribution in [3.63, 3.8) is 0 Å². The minimum atomic E-state index is -4.38. The van der Waals surface area contributed by atoms with Gasteiger partial charge in [-0.1, -0.05) is 12.1 Å². The Bertz CT molecular complexity index is 453. The van der Waals surface area contributed by atoms with Crippen LogP contribution in [0.15, 0.2) is 24.3 Å². The van der Waals surface area contributed by atoms with Gasteiger partial charge in [-0.2, -0.15) is 13.2 Å². The molecule has 1 aromatic carbocycles. The van der Waals surface area contributed by atoms with Gasteiger partial charge in [-0.05, 0) is 24.6 Å². The third kappa shape index (κ3) is 2.28. The van der Waals surface area contributed by atoms with Crippen LogP contribution in [0, 0.1) is 0 Å². The molecule has 17 heavy (non-hydrogen) atoms. The molecule has 5 heteroatoms. The molecule has 0 aliphatic carbocycles. The molecule has 0 radical (unpaired) electrons. The first-order valence-electron chi connectivity index (χ1n) is 5.21. The van der Waals surface area contributed by atoms with Crippen LogP contribution in [0.25, 0.3) is 0 Å². The van der Waals surface area contributed by atoms with E-state index in [2.05, 4.69) is 0 Å². The van der Waals surface area contributed by atoms with Crippen molar-refractivity contribution in [2.24, 2.45) is 0 Å². The molecular weight excluding hydrogens is 233 g/mol. The number of hydrogen-bond acceptors (Lipinski definition) is 2. The summed E-state index contributed by atoms with van der Waals surface area (Å²) >= 11 is 0.